The number of rotatable bonds is 3. The van der Waals surface area contributed by atoms with Crippen molar-refractivity contribution >= 4 is 5.69 Å². The molecule has 0 amide bonds. The van der Waals surface area contributed by atoms with Gasteiger partial charge in [0.1, 0.15) is 5.75 Å². The maximum atomic E-state index is 5.57. The number of nitrogens with zero attached hydrogens (tertiary/aromatic N) is 3. The van der Waals surface area contributed by atoms with Gasteiger partial charge in [0.15, 0.2) is 0 Å². The Kier molecular flexibility index (Phi) is 3.56. The van der Waals surface area contributed by atoms with Crippen molar-refractivity contribution in [2.45, 2.75) is 0 Å². The molecule has 0 spiro atoms. The van der Waals surface area contributed by atoms with Crippen LogP contribution in [0.15, 0.2) is 42.7 Å². The van der Waals surface area contributed by atoms with Gasteiger partial charge >= 0.3 is 6.01 Å². The van der Waals surface area contributed by atoms with Crippen LogP contribution in [0.4, 0.5) is 5.69 Å². The van der Waals surface area contributed by atoms with Crippen LogP contribution in [0.25, 0.3) is 0 Å². The SMILES string of the molecule is c1cnc(Oc2ccc(N3CCNCC3)cc2)nc1. The van der Waals surface area contributed by atoms with Crippen LogP contribution in [0.2, 0.25) is 0 Å². The minimum Gasteiger partial charge on any atom is -0.424 e. The van der Waals surface area contributed by atoms with Crippen LogP contribution in [-0.2, 0) is 0 Å². The molecule has 0 saturated carbocycles. The zero-order chi connectivity index (χ0) is 12.9. The molecule has 5 nitrogen and oxygen atoms in total. The Morgan fingerprint density at radius 2 is 1.68 bits per heavy atom. The van der Waals surface area contributed by atoms with Crippen LogP contribution < -0.4 is 15.0 Å². The van der Waals surface area contributed by atoms with Gasteiger partial charge in [-0.05, 0) is 30.3 Å². The van der Waals surface area contributed by atoms with Crippen molar-refractivity contribution in [3.05, 3.63) is 42.7 Å². The summed E-state index contributed by atoms with van der Waals surface area (Å²) in [6.07, 6.45) is 3.33. The molecule has 1 aromatic carbocycles. The summed E-state index contributed by atoms with van der Waals surface area (Å²) in [7, 11) is 0. The van der Waals surface area contributed by atoms with Crippen LogP contribution >= 0.6 is 0 Å². The summed E-state index contributed by atoms with van der Waals surface area (Å²) >= 11 is 0. The predicted octanol–water partition coefficient (Wildman–Crippen LogP) is 1.68. The average Bonchev–Trinajstić information content (AvgIpc) is 2.50. The van der Waals surface area contributed by atoms with Gasteiger partial charge in [-0.25, -0.2) is 9.97 Å². The summed E-state index contributed by atoms with van der Waals surface area (Å²) in [6.45, 7) is 4.16. The Hall–Kier alpha value is -2.14. The molecule has 3 rings (SSSR count). The first-order chi connectivity index (χ1) is 9.42. The molecule has 1 saturated heterocycles. The third kappa shape index (κ3) is 3.00. The van der Waals surface area contributed by atoms with Gasteiger partial charge in [0.25, 0.3) is 0 Å². The molecular formula is C14H16N4O. The molecule has 0 bridgehead atoms. The van der Waals surface area contributed by atoms with Gasteiger partial charge in [0, 0.05) is 44.3 Å². The Morgan fingerprint density at radius 1 is 1.00 bits per heavy atom. The molecule has 0 aliphatic carbocycles. The van der Waals surface area contributed by atoms with Gasteiger partial charge in [-0.15, -0.1) is 0 Å². The molecule has 98 valence electrons. The maximum Gasteiger partial charge on any atom is 0.321 e. The molecule has 0 unspecified atom stereocenters. The first kappa shape index (κ1) is 11.9. The summed E-state index contributed by atoms with van der Waals surface area (Å²) in [5.74, 6) is 0.755. The van der Waals surface area contributed by atoms with E-state index in [4.69, 9.17) is 4.74 Å². The Bertz CT molecular complexity index is 509. The molecule has 2 aromatic rings. The van der Waals surface area contributed by atoms with Crippen molar-refractivity contribution in [1.29, 1.82) is 0 Å². The third-order valence-corrected chi connectivity index (χ3v) is 3.07. The predicted molar refractivity (Wildman–Crippen MR) is 73.6 cm³/mol. The summed E-state index contributed by atoms with van der Waals surface area (Å²) in [5, 5.41) is 3.35. The smallest absolute Gasteiger partial charge is 0.321 e. The van der Waals surface area contributed by atoms with Gasteiger partial charge in [-0.1, -0.05) is 0 Å². The van der Waals surface area contributed by atoms with Gasteiger partial charge in [-0.2, -0.15) is 0 Å². The lowest BCUT2D eigenvalue weighted by Gasteiger charge is -2.29. The average molecular weight is 256 g/mol. The molecule has 1 aromatic heterocycles. The number of benzene rings is 1. The summed E-state index contributed by atoms with van der Waals surface area (Å²) in [6, 6.07) is 10.2. The van der Waals surface area contributed by atoms with E-state index in [1.54, 1.807) is 18.5 Å². The fourth-order valence-electron chi connectivity index (χ4n) is 2.09. The Morgan fingerprint density at radius 3 is 2.37 bits per heavy atom. The first-order valence-electron chi connectivity index (χ1n) is 6.42. The fraction of sp³-hybridized carbons (Fsp3) is 0.286. The van der Waals surface area contributed by atoms with E-state index < -0.39 is 0 Å². The quantitative estimate of drug-likeness (QED) is 0.905. The molecule has 0 atom stereocenters. The lowest BCUT2D eigenvalue weighted by Crippen LogP contribution is -2.43. The second-order valence-corrected chi connectivity index (χ2v) is 4.36. The number of ether oxygens (including phenoxy) is 1. The molecule has 1 aliphatic heterocycles. The van der Waals surface area contributed by atoms with Crippen LogP contribution in [0, 0.1) is 0 Å². The Labute approximate surface area is 112 Å². The van der Waals surface area contributed by atoms with Crippen LogP contribution in [0.1, 0.15) is 0 Å². The normalized spacial score (nSPS) is 15.3. The van der Waals surface area contributed by atoms with E-state index in [0.29, 0.717) is 6.01 Å². The number of hydrogen-bond donors (Lipinski definition) is 1. The van der Waals surface area contributed by atoms with Gasteiger partial charge in [0.2, 0.25) is 0 Å². The summed E-state index contributed by atoms with van der Waals surface area (Å²) < 4.78 is 5.57. The van der Waals surface area contributed by atoms with Crippen molar-refractivity contribution in [1.82, 2.24) is 15.3 Å². The van der Waals surface area contributed by atoms with Crippen molar-refractivity contribution in [2.75, 3.05) is 31.1 Å². The Balaban J connectivity index is 1.68. The molecule has 1 N–H and O–H groups in total. The van der Waals surface area contributed by atoms with Crippen molar-refractivity contribution in [3.8, 4) is 11.8 Å². The lowest BCUT2D eigenvalue weighted by atomic mass is 10.2. The van der Waals surface area contributed by atoms with Crippen LogP contribution in [0.5, 0.6) is 11.8 Å². The minimum atomic E-state index is 0.373. The van der Waals surface area contributed by atoms with Crippen molar-refractivity contribution in [2.24, 2.45) is 0 Å². The molecule has 0 radical (unpaired) electrons. The second-order valence-electron chi connectivity index (χ2n) is 4.36. The molecule has 1 fully saturated rings. The second kappa shape index (κ2) is 5.67. The molecule has 1 aliphatic rings. The molecule has 19 heavy (non-hydrogen) atoms. The largest absolute Gasteiger partial charge is 0.424 e. The third-order valence-electron chi connectivity index (χ3n) is 3.07. The number of piperazine rings is 1. The summed E-state index contributed by atoms with van der Waals surface area (Å²) in [4.78, 5) is 10.4. The van der Waals surface area contributed by atoms with E-state index in [1.165, 1.54) is 5.69 Å². The van der Waals surface area contributed by atoms with E-state index in [2.05, 4.69) is 32.3 Å². The number of nitrogens with one attached hydrogen (secondary N) is 1. The molecule has 2 heterocycles. The van der Waals surface area contributed by atoms with Crippen molar-refractivity contribution < 1.29 is 4.74 Å². The number of aromatic nitrogens is 2. The molecule has 5 heteroatoms. The van der Waals surface area contributed by atoms with E-state index in [0.717, 1.165) is 31.9 Å². The zero-order valence-electron chi connectivity index (χ0n) is 10.6. The van der Waals surface area contributed by atoms with Crippen LogP contribution in [-0.4, -0.2) is 36.1 Å². The topological polar surface area (TPSA) is 50.3 Å². The standard InChI is InChI=1S/C14H16N4O/c1-6-16-14(17-7-1)19-13-4-2-12(3-5-13)18-10-8-15-9-11-18/h1-7,15H,8-11H2. The van der Waals surface area contributed by atoms with Gasteiger partial charge < -0.3 is 15.0 Å². The minimum absolute atomic E-state index is 0.373. The van der Waals surface area contributed by atoms with Gasteiger partial charge in [0.05, 0.1) is 0 Å². The molecular weight excluding hydrogens is 240 g/mol. The highest BCUT2D eigenvalue weighted by Gasteiger charge is 2.10. The van der Waals surface area contributed by atoms with E-state index in [-0.39, 0.29) is 0 Å². The first-order valence-corrected chi connectivity index (χ1v) is 6.42. The maximum absolute atomic E-state index is 5.57. The number of hydrogen-bond acceptors (Lipinski definition) is 5. The van der Waals surface area contributed by atoms with Crippen LogP contribution in [0.3, 0.4) is 0 Å². The number of anilines is 1. The van der Waals surface area contributed by atoms with E-state index >= 15 is 0 Å². The zero-order valence-corrected chi connectivity index (χ0v) is 10.6. The van der Waals surface area contributed by atoms with Crippen molar-refractivity contribution in [3.63, 3.8) is 0 Å². The highest BCUT2D eigenvalue weighted by atomic mass is 16.5. The summed E-state index contributed by atoms with van der Waals surface area (Å²) in [5.41, 5.74) is 1.22. The monoisotopic (exact) mass is 256 g/mol. The highest BCUT2D eigenvalue weighted by Crippen LogP contribution is 2.22. The highest BCUT2D eigenvalue weighted by molar-refractivity contribution is 5.49. The van der Waals surface area contributed by atoms with E-state index in [9.17, 15) is 0 Å². The lowest BCUT2D eigenvalue weighted by molar-refractivity contribution is 0.441. The van der Waals surface area contributed by atoms with Gasteiger partial charge in [-0.3, -0.25) is 0 Å². The van der Waals surface area contributed by atoms with E-state index in [1.807, 2.05) is 12.1 Å². The fourth-order valence-corrected chi connectivity index (χ4v) is 2.09.